The third-order valence-electron chi connectivity index (χ3n) is 6.15. The van der Waals surface area contributed by atoms with Crippen molar-refractivity contribution in [3.63, 3.8) is 0 Å². The van der Waals surface area contributed by atoms with Crippen LogP contribution in [-0.4, -0.2) is 15.0 Å². The van der Waals surface area contributed by atoms with Gasteiger partial charge in [0.1, 0.15) is 18.1 Å². The number of benzene rings is 3. The summed E-state index contributed by atoms with van der Waals surface area (Å²) in [6, 6.07) is 17.7. The van der Waals surface area contributed by atoms with Gasteiger partial charge in [0.25, 0.3) is 0 Å². The van der Waals surface area contributed by atoms with Crippen LogP contribution in [0.1, 0.15) is 48.7 Å². The van der Waals surface area contributed by atoms with E-state index in [0.29, 0.717) is 11.8 Å². The van der Waals surface area contributed by atoms with Crippen LogP contribution >= 0.6 is 31.9 Å². The summed E-state index contributed by atoms with van der Waals surface area (Å²) in [7, 11) is 0. The van der Waals surface area contributed by atoms with Gasteiger partial charge in [0.15, 0.2) is 11.6 Å². The zero-order valence-electron chi connectivity index (χ0n) is 20.6. The summed E-state index contributed by atoms with van der Waals surface area (Å²) in [4.78, 5) is 12.9. The van der Waals surface area contributed by atoms with Gasteiger partial charge < -0.3 is 20.5 Å². The van der Waals surface area contributed by atoms with Crippen LogP contribution in [0.4, 0.5) is 17.6 Å². The van der Waals surface area contributed by atoms with Crippen molar-refractivity contribution in [2.45, 2.75) is 45.6 Å². The number of nitrogens with one attached hydrogen (secondary N) is 1. The van der Waals surface area contributed by atoms with Gasteiger partial charge in [0, 0.05) is 11.3 Å². The normalized spacial score (nSPS) is 12.5. The Kier molecular flexibility index (Phi) is 7.62. The number of halogens is 2. The lowest BCUT2D eigenvalue weighted by Gasteiger charge is -2.18. The largest absolute Gasteiger partial charge is 0.485 e. The van der Waals surface area contributed by atoms with E-state index in [9.17, 15) is 0 Å². The van der Waals surface area contributed by atoms with Gasteiger partial charge in [0.2, 0.25) is 11.9 Å². The smallest absolute Gasteiger partial charge is 0.232 e. The second-order valence-corrected chi connectivity index (χ2v) is 10.8. The first-order valence-electron chi connectivity index (χ1n) is 12.1. The van der Waals surface area contributed by atoms with Crippen LogP contribution in [-0.2, 0) is 19.4 Å². The predicted molar refractivity (Wildman–Crippen MR) is 153 cm³/mol. The van der Waals surface area contributed by atoms with Gasteiger partial charge in [-0.3, -0.25) is 0 Å². The molecule has 190 valence electrons. The number of rotatable bonds is 8. The number of anilines is 3. The van der Waals surface area contributed by atoms with Gasteiger partial charge in [-0.15, -0.1) is 0 Å². The fraction of sp³-hybridized carbons (Fsp3) is 0.250. The average Bonchev–Trinajstić information content (AvgIpc) is 3.34. The van der Waals surface area contributed by atoms with Crippen molar-refractivity contribution in [1.82, 2.24) is 15.0 Å². The summed E-state index contributed by atoms with van der Waals surface area (Å²) in [6.07, 6.45) is 3.34. The highest BCUT2D eigenvalue weighted by atomic mass is 79.9. The molecule has 1 heterocycles. The summed E-state index contributed by atoms with van der Waals surface area (Å²) in [6.45, 7) is 4.39. The molecule has 0 atom stereocenters. The van der Waals surface area contributed by atoms with Crippen LogP contribution < -0.4 is 20.5 Å². The number of hydrogen-bond donors (Lipinski definition) is 2. The molecule has 4 aromatic rings. The number of nitrogen functional groups attached to an aromatic ring is 1. The Bertz CT molecular complexity index is 1430. The topological polar surface area (TPSA) is 95.2 Å². The van der Waals surface area contributed by atoms with E-state index in [4.69, 9.17) is 15.2 Å². The van der Waals surface area contributed by atoms with E-state index in [1.165, 1.54) is 17.5 Å². The summed E-state index contributed by atoms with van der Waals surface area (Å²) >= 11 is 7.46. The average molecular weight is 625 g/mol. The van der Waals surface area contributed by atoms with Gasteiger partial charge in [-0.2, -0.15) is 15.0 Å². The van der Waals surface area contributed by atoms with Crippen molar-refractivity contribution in [3.8, 4) is 17.2 Å². The Hall–Kier alpha value is -3.17. The summed E-state index contributed by atoms with van der Waals surface area (Å²) < 4.78 is 14.5. The van der Waals surface area contributed by atoms with E-state index in [1.807, 2.05) is 48.5 Å². The van der Waals surface area contributed by atoms with E-state index in [0.717, 1.165) is 50.3 Å². The lowest BCUT2D eigenvalue weighted by molar-refractivity contribution is 0.291. The molecule has 0 amide bonds. The van der Waals surface area contributed by atoms with Crippen LogP contribution in [0.2, 0.25) is 0 Å². The van der Waals surface area contributed by atoms with Gasteiger partial charge in [-0.1, -0.05) is 32.0 Å². The molecule has 3 N–H and O–H groups in total. The molecule has 9 heteroatoms. The van der Waals surface area contributed by atoms with Gasteiger partial charge in [-0.05, 0) is 105 Å². The number of para-hydroxylation sites is 1. The van der Waals surface area contributed by atoms with Crippen molar-refractivity contribution in [1.29, 1.82) is 0 Å². The molecule has 0 spiro atoms. The highest BCUT2D eigenvalue weighted by Crippen LogP contribution is 2.44. The maximum Gasteiger partial charge on any atom is 0.232 e. The number of nitrogens with zero attached hydrogens (tertiary/aromatic N) is 3. The molecule has 0 unspecified atom stereocenters. The van der Waals surface area contributed by atoms with E-state index < -0.39 is 0 Å². The minimum atomic E-state index is 0.130. The van der Waals surface area contributed by atoms with E-state index in [1.54, 1.807) is 0 Å². The first-order valence-corrected chi connectivity index (χ1v) is 13.7. The highest BCUT2D eigenvalue weighted by Gasteiger charge is 2.21. The third kappa shape index (κ3) is 5.88. The number of hydrogen-bond acceptors (Lipinski definition) is 7. The van der Waals surface area contributed by atoms with Crippen LogP contribution in [0, 0.1) is 0 Å². The highest BCUT2D eigenvalue weighted by molar-refractivity contribution is 9.11. The molecule has 0 bridgehead atoms. The zero-order chi connectivity index (χ0) is 25.9. The van der Waals surface area contributed by atoms with Crippen molar-refractivity contribution >= 4 is 49.4 Å². The van der Waals surface area contributed by atoms with Gasteiger partial charge in [-0.25, -0.2) is 0 Å². The predicted octanol–water partition coefficient (Wildman–Crippen LogP) is 7.71. The zero-order valence-corrected chi connectivity index (χ0v) is 23.8. The third-order valence-corrected chi connectivity index (χ3v) is 7.58. The van der Waals surface area contributed by atoms with Gasteiger partial charge in [0.05, 0.1) is 8.95 Å². The molecule has 0 aliphatic heterocycles. The van der Waals surface area contributed by atoms with Crippen LogP contribution in [0.3, 0.4) is 0 Å². The molecule has 7 nitrogen and oxygen atoms in total. The van der Waals surface area contributed by atoms with E-state index in [-0.39, 0.29) is 18.5 Å². The quantitative estimate of drug-likeness (QED) is 0.207. The number of aryl methyl sites for hydroxylation is 1. The molecule has 3 aromatic carbocycles. The second kappa shape index (κ2) is 11.1. The number of aromatic nitrogens is 3. The molecule has 5 rings (SSSR count). The number of ether oxygens (including phenoxy) is 2. The molecule has 1 aliphatic carbocycles. The lowest BCUT2D eigenvalue weighted by Crippen LogP contribution is -2.10. The SMILES string of the molecule is CC(C)c1cc(Oc2c(Br)cc3c(c2Br)CCC3)ccc1OCc1nc(N)nc(Nc2ccccc2)n1. The number of nitrogens with two attached hydrogens (primary N) is 1. The standard InChI is InChI=1S/C28H27Br2N5O2/c1-16(2)21-14-19(37-26-22(29)13-17-7-6-10-20(17)25(26)30)11-12-23(21)36-15-24-33-27(31)35-28(34-24)32-18-8-4-3-5-9-18/h3-5,8-9,11-14,16H,6-7,10,15H2,1-2H3,(H3,31,32,33,34,35). The van der Waals surface area contributed by atoms with Crippen molar-refractivity contribution < 1.29 is 9.47 Å². The molecule has 0 radical (unpaired) electrons. The first-order chi connectivity index (χ1) is 17.9. The number of fused-ring (bicyclic) bond motifs is 1. The van der Waals surface area contributed by atoms with Crippen molar-refractivity contribution in [2.24, 2.45) is 0 Å². The minimum absolute atomic E-state index is 0.130. The van der Waals surface area contributed by atoms with Crippen LogP contribution in [0.5, 0.6) is 17.2 Å². The Morgan fingerprint density at radius 3 is 2.59 bits per heavy atom. The fourth-order valence-electron chi connectivity index (χ4n) is 4.37. The Morgan fingerprint density at radius 1 is 1.00 bits per heavy atom. The Morgan fingerprint density at radius 2 is 1.81 bits per heavy atom. The minimum Gasteiger partial charge on any atom is -0.485 e. The summed E-state index contributed by atoms with van der Waals surface area (Å²) in [5.74, 6) is 3.43. The molecule has 0 saturated heterocycles. The van der Waals surface area contributed by atoms with Crippen LogP contribution in [0.25, 0.3) is 0 Å². The fourth-order valence-corrected chi connectivity index (χ4v) is 5.94. The molecule has 1 aliphatic rings. The van der Waals surface area contributed by atoms with Crippen molar-refractivity contribution in [3.05, 3.63) is 86.1 Å². The van der Waals surface area contributed by atoms with Crippen LogP contribution in [0.15, 0.2) is 63.5 Å². The Labute approximate surface area is 233 Å². The summed E-state index contributed by atoms with van der Waals surface area (Å²) in [5.41, 5.74) is 10.5. The molecular weight excluding hydrogens is 598 g/mol. The van der Waals surface area contributed by atoms with Crippen molar-refractivity contribution in [2.75, 3.05) is 11.1 Å². The maximum absolute atomic E-state index is 6.35. The summed E-state index contributed by atoms with van der Waals surface area (Å²) in [5, 5.41) is 3.15. The Balaban J connectivity index is 1.34. The molecule has 0 saturated carbocycles. The first kappa shape index (κ1) is 25.5. The second-order valence-electron chi connectivity index (χ2n) is 9.16. The molecule has 37 heavy (non-hydrogen) atoms. The maximum atomic E-state index is 6.35. The lowest BCUT2D eigenvalue weighted by atomic mass is 10.0. The van der Waals surface area contributed by atoms with E-state index >= 15 is 0 Å². The molecule has 1 aromatic heterocycles. The monoisotopic (exact) mass is 623 g/mol. The molecule has 0 fully saturated rings. The van der Waals surface area contributed by atoms with Gasteiger partial charge >= 0.3 is 0 Å². The molecular formula is C28H27Br2N5O2. The van der Waals surface area contributed by atoms with E-state index in [2.05, 4.69) is 72.0 Å².